The summed E-state index contributed by atoms with van der Waals surface area (Å²) in [6.45, 7) is 9.91. The molecule has 0 aliphatic carbocycles. The van der Waals surface area contributed by atoms with E-state index in [0.29, 0.717) is 0 Å². The molecule has 0 amide bonds. The monoisotopic (exact) mass is 260 g/mol. The van der Waals surface area contributed by atoms with Crippen LogP contribution in [-0.4, -0.2) is 0 Å². The van der Waals surface area contributed by atoms with Crippen molar-refractivity contribution in [2.24, 2.45) is 0 Å². The van der Waals surface area contributed by atoms with E-state index in [2.05, 4.69) is 68.6 Å². The van der Waals surface area contributed by atoms with Crippen LogP contribution in [0.2, 0.25) is 0 Å². The van der Waals surface area contributed by atoms with Crippen LogP contribution in [-0.2, 0) is 6.42 Å². The number of hydrogen-bond donors (Lipinski definition) is 0. The molecular formula is C20H20. The molecule has 0 aliphatic heterocycles. The van der Waals surface area contributed by atoms with E-state index in [1.807, 2.05) is 18.2 Å². The maximum Gasteiger partial charge on any atom is -0.0118 e. The zero-order valence-electron chi connectivity index (χ0n) is 12.0. The lowest BCUT2D eigenvalue weighted by molar-refractivity contribution is 1.14. The van der Waals surface area contributed by atoms with Gasteiger partial charge in [0.25, 0.3) is 0 Å². The van der Waals surface area contributed by atoms with Crippen LogP contribution in [0.25, 0.3) is 24.3 Å². The zero-order valence-corrected chi connectivity index (χ0v) is 12.0. The van der Waals surface area contributed by atoms with E-state index in [-0.39, 0.29) is 0 Å². The molecule has 0 spiro atoms. The topological polar surface area (TPSA) is 0 Å². The average Bonchev–Trinajstić information content (AvgIpc) is 2.52. The van der Waals surface area contributed by atoms with Crippen LogP contribution in [0.3, 0.4) is 0 Å². The molecule has 0 atom stereocenters. The Kier molecular flexibility index (Phi) is 4.73. The van der Waals surface area contributed by atoms with Gasteiger partial charge in [-0.15, -0.1) is 0 Å². The van der Waals surface area contributed by atoms with E-state index in [1.165, 1.54) is 11.1 Å². The fourth-order valence-electron chi connectivity index (χ4n) is 2.21. The summed E-state index contributed by atoms with van der Waals surface area (Å²) in [6.07, 6.45) is 9.09. The van der Waals surface area contributed by atoms with Gasteiger partial charge in [0.05, 0.1) is 0 Å². The number of hydrogen-bond acceptors (Lipinski definition) is 0. The highest BCUT2D eigenvalue weighted by atomic mass is 14.0. The first-order chi connectivity index (χ1) is 9.78. The highest BCUT2D eigenvalue weighted by Gasteiger charge is 1.99. The standard InChI is InChI=1S/C20H20/c1-4-16-10-12-17(13-11-16)14-15-19-9-7-8-18(5-2)20(19)6-3/h5-15H,2-4H2,1H3. The second-order valence-corrected chi connectivity index (χ2v) is 4.69. The smallest absolute Gasteiger partial charge is 0.0118 e. The molecule has 0 aliphatic rings. The van der Waals surface area contributed by atoms with Gasteiger partial charge in [0, 0.05) is 0 Å². The minimum atomic E-state index is 1.08. The molecule has 0 saturated heterocycles. The Hall–Kier alpha value is -2.34. The molecule has 2 aromatic carbocycles. The third-order valence-corrected chi connectivity index (χ3v) is 3.44. The van der Waals surface area contributed by atoms with Crippen molar-refractivity contribution < 1.29 is 0 Å². The molecule has 0 aromatic heterocycles. The van der Waals surface area contributed by atoms with Gasteiger partial charge in [-0.3, -0.25) is 0 Å². The van der Waals surface area contributed by atoms with Crippen LogP contribution in [0.4, 0.5) is 0 Å². The summed E-state index contributed by atoms with van der Waals surface area (Å²) >= 11 is 0. The van der Waals surface area contributed by atoms with Crippen LogP contribution in [0.1, 0.15) is 34.7 Å². The molecular weight excluding hydrogens is 240 g/mol. The molecule has 20 heavy (non-hydrogen) atoms. The van der Waals surface area contributed by atoms with Crippen LogP contribution in [0.15, 0.2) is 55.6 Å². The van der Waals surface area contributed by atoms with E-state index in [0.717, 1.165) is 23.1 Å². The summed E-state index contributed by atoms with van der Waals surface area (Å²) in [4.78, 5) is 0. The first-order valence-electron chi connectivity index (χ1n) is 6.93. The third-order valence-electron chi connectivity index (χ3n) is 3.44. The Bertz CT molecular complexity index is 628. The molecule has 2 rings (SSSR count). The van der Waals surface area contributed by atoms with Crippen LogP contribution >= 0.6 is 0 Å². The predicted octanol–water partition coefficient (Wildman–Crippen LogP) is 5.71. The SMILES string of the molecule is C=Cc1cccc(C=Cc2ccc(CC)cc2)c1C=C. The van der Waals surface area contributed by atoms with Crippen molar-refractivity contribution in [1.29, 1.82) is 0 Å². The maximum absolute atomic E-state index is 3.90. The van der Waals surface area contributed by atoms with Gasteiger partial charge in [0.1, 0.15) is 0 Å². The number of aryl methyl sites for hydroxylation is 1. The lowest BCUT2D eigenvalue weighted by Crippen LogP contribution is -1.85. The number of rotatable bonds is 5. The highest BCUT2D eigenvalue weighted by molar-refractivity contribution is 5.78. The molecule has 100 valence electrons. The summed E-state index contributed by atoms with van der Waals surface area (Å²) in [5, 5.41) is 0. The predicted molar refractivity (Wildman–Crippen MR) is 91.4 cm³/mol. The van der Waals surface area contributed by atoms with Crippen molar-refractivity contribution in [2.45, 2.75) is 13.3 Å². The molecule has 0 nitrogen and oxygen atoms in total. The first kappa shape index (κ1) is 14.1. The Morgan fingerprint density at radius 1 is 0.850 bits per heavy atom. The normalized spacial score (nSPS) is 10.7. The van der Waals surface area contributed by atoms with E-state index < -0.39 is 0 Å². The van der Waals surface area contributed by atoms with Gasteiger partial charge in [0.15, 0.2) is 0 Å². The first-order valence-corrected chi connectivity index (χ1v) is 6.93. The zero-order chi connectivity index (χ0) is 14.4. The third kappa shape index (κ3) is 3.16. The van der Waals surface area contributed by atoms with Crippen LogP contribution in [0.5, 0.6) is 0 Å². The summed E-state index contributed by atoms with van der Waals surface area (Å²) < 4.78 is 0. The fourth-order valence-corrected chi connectivity index (χ4v) is 2.21. The average molecular weight is 260 g/mol. The van der Waals surface area contributed by atoms with Crippen molar-refractivity contribution in [3.05, 3.63) is 83.4 Å². The largest absolute Gasteiger partial charge is 0.0984 e. The highest BCUT2D eigenvalue weighted by Crippen LogP contribution is 2.20. The van der Waals surface area contributed by atoms with Crippen molar-refractivity contribution in [3.63, 3.8) is 0 Å². The summed E-state index contributed by atoms with van der Waals surface area (Å²) in [6, 6.07) is 14.9. The summed E-state index contributed by atoms with van der Waals surface area (Å²) in [5.41, 5.74) is 5.98. The van der Waals surface area contributed by atoms with Gasteiger partial charge in [0.2, 0.25) is 0 Å². The minimum absolute atomic E-state index is 1.08. The molecule has 0 heterocycles. The minimum Gasteiger partial charge on any atom is -0.0984 e. The molecule has 0 bridgehead atoms. The molecule has 0 heteroatoms. The van der Waals surface area contributed by atoms with Gasteiger partial charge in [-0.25, -0.2) is 0 Å². The Labute approximate surface area is 121 Å². The summed E-state index contributed by atoms with van der Waals surface area (Å²) in [5.74, 6) is 0. The van der Waals surface area contributed by atoms with Gasteiger partial charge in [-0.1, -0.05) is 86.9 Å². The Morgan fingerprint density at radius 3 is 2.15 bits per heavy atom. The number of benzene rings is 2. The second kappa shape index (κ2) is 6.72. The summed E-state index contributed by atoms with van der Waals surface area (Å²) in [7, 11) is 0. The molecule has 0 saturated carbocycles. The van der Waals surface area contributed by atoms with Crippen molar-refractivity contribution >= 4 is 24.3 Å². The van der Waals surface area contributed by atoms with Crippen molar-refractivity contribution in [1.82, 2.24) is 0 Å². The van der Waals surface area contributed by atoms with Crippen LogP contribution in [0, 0.1) is 0 Å². The molecule has 2 aromatic rings. The molecule has 0 radical (unpaired) electrons. The lowest BCUT2D eigenvalue weighted by Gasteiger charge is -2.05. The van der Waals surface area contributed by atoms with Crippen molar-refractivity contribution in [3.8, 4) is 0 Å². The van der Waals surface area contributed by atoms with E-state index in [9.17, 15) is 0 Å². The van der Waals surface area contributed by atoms with Gasteiger partial charge in [-0.05, 0) is 34.2 Å². The van der Waals surface area contributed by atoms with Crippen molar-refractivity contribution in [2.75, 3.05) is 0 Å². The molecule has 0 fully saturated rings. The van der Waals surface area contributed by atoms with Gasteiger partial charge < -0.3 is 0 Å². The van der Waals surface area contributed by atoms with Gasteiger partial charge >= 0.3 is 0 Å². The van der Waals surface area contributed by atoms with E-state index >= 15 is 0 Å². The fraction of sp³-hybridized carbons (Fsp3) is 0.100. The Balaban J connectivity index is 2.30. The van der Waals surface area contributed by atoms with Gasteiger partial charge in [-0.2, -0.15) is 0 Å². The lowest BCUT2D eigenvalue weighted by atomic mass is 10.00. The second-order valence-electron chi connectivity index (χ2n) is 4.69. The molecule has 0 unspecified atom stereocenters. The quantitative estimate of drug-likeness (QED) is 0.604. The van der Waals surface area contributed by atoms with E-state index in [1.54, 1.807) is 0 Å². The maximum atomic E-state index is 3.90. The Morgan fingerprint density at radius 2 is 1.55 bits per heavy atom. The molecule has 0 N–H and O–H groups in total. The van der Waals surface area contributed by atoms with Crippen LogP contribution < -0.4 is 0 Å². The van der Waals surface area contributed by atoms with E-state index in [4.69, 9.17) is 0 Å².